The molecule has 1 saturated heterocycles. The number of anilines is 2. The van der Waals surface area contributed by atoms with Gasteiger partial charge < -0.3 is 20.3 Å². The van der Waals surface area contributed by atoms with Crippen molar-refractivity contribution in [1.29, 1.82) is 5.26 Å². The van der Waals surface area contributed by atoms with Gasteiger partial charge >= 0.3 is 6.01 Å². The van der Waals surface area contributed by atoms with E-state index < -0.39 is 11.6 Å². The SMILES string of the molecule is COc1nc(N2CCN(C)CC2C)c2cc(Cl)c(-c3ccc(F)c4sc(N)c(C#N)c34)c(F)c2n1. The van der Waals surface area contributed by atoms with Gasteiger partial charge in [0.05, 0.1) is 22.4 Å². The van der Waals surface area contributed by atoms with Gasteiger partial charge in [-0.05, 0) is 31.7 Å². The third-order valence-corrected chi connectivity index (χ3v) is 7.65. The molecule has 35 heavy (non-hydrogen) atoms. The van der Waals surface area contributed by atoms with Gasteiger partial charge in [0.2, 0.25) is 0 Å². The van der Waals surface area contributed by atoms with Gasteiger partial charge in [-0.25, -0.2) is 8.78 Å². The first-order chi connectivity index (χ1) is 16.7. The van der Waals surface area contributed by atoms with Crippen LogP contribution < -0.4 is 15.4 Å². The van der Waals surface area contributed by atoms with Gasteiger partial charge in [0.25, 0.3) is 0 Å². The predicted octanol–water partition coefficient (Wildman–Crippen LogP) is 5.05. The Morgan fingerprint density at radius 3 is 2.74 bits per heavy atom. The number of aromatic nitrogens is 2. The molecule has 11 heteroatoms. The van der Waals surface area contributed by atoms with Crippen molar-refractivity contribution < 1.29 is 13.5 Å². The minimum atomic E-state index is -0.710. The van der Waals surface area contributed by atoms with Crippen LogP contribution in [-0.4, -0.2) is 54.7 Å². The second-order valence-corrected chi connectivity index (χ2v) is 9.99. The molecule has 1 aliphatic heterocycles. The van der Waals surface area contributed by atoms with Crippen LogP contribution in [-0.2, 0) is 0 Å². The van der Waals surface area contributed by atoms with Crippen LogP contribution in [0.3, 0.4) is 0 Å². The van der Waals surface area contributed by atoms with Gasteiger partial charge in [-0.3, -0.25) is 0 Å². The molecular weight excluding hydrogens is 494 g/mol. The zero-order chi connectivity index (χ0) is 25.0. The van der Waals surface area contributed by atoms with E-state index >= 15 is 4.39 Å². The number of nitrogens with two attached hydrogens (primary N) is 1. The standard InChI is InChI=1S/C24H21ClF2N6OS/c1-11-10-32(2)6-7-33(11)23-13-8-15(25)18(19(27)20(13)30-24(31-23)34-3)12-4-5-16(26)21-17(12)14(9-28)22(29)35-21/h4-5,8,11H,6-7,10,29H2,1-3H3. The van der Waals surface area contributed by atoms with Crippen LogP contribution in [0.4, 0.5) is 19.6 Å². The summed E-state index contributed by atoms with van der Waals surface area (Å²) in [6, 6.07) is 6.38. The average molecular weight is 515 g/mol. The summed E-state index contributed by atoms with van der Waals surface area (Å²) in [5.41, 5.74) is 6.35. The van der Waals surface area contributed by atoms with Crippen LogP contribution in [0, 0.1) is 23.0 Å². The van der Waals surface area contributed by atoms with Crippen LogP contribution in [0.2, 0.25) is 5.02 Å². The van der Waals surface area contributed by atoms with Crippen molar-refractivity contribution in [3.05, 3.63) is 40.4 Å². The van der Waals surface area contributed by atoms with Crippen molar-refractivity contribution >= 4 is 54.7 Å². The van der Waals surface area contributed by atoms with Crippen molar-refractivity contribution in [2.75, 3.05) is 44.4 Å². The summed E-state index contributed by atoms with van der Waals surface area (Å²) in [6.07, 6.45) is 0. The first-order valence-corrected chi connectivity index (χ1v) is 12.0. The highest BCUT2D eigenvalue weighted by molar-refractivity contribution is 7.23. The smallest absolute Gasteiger partial charge is 0.318 e. The zero-order valence-electron chi connectivity index (χ0n) is 19.2. The number of hydrogen-bond donors (Lipinski definition) is 1. The molecule has 0 saturated carbocycles. The van der Waals surface area contributed by atoms with Gasteiger partial charge in [-0.15, -0.1) is 11.3 Å². The number of halogens is 3. The van der Waals surface area contributed by atoms with Crippen molar-refractivity contribution in [3.8, 4) is 23.2 Å². The molecule has 2 aromatic heterocycles. The second kappa shape index (κ2) is 8.75. The van der Waals surface area contributed by atoms with Crippen molar-refractivity contribution in [1.82, 2.24) is 14.9 Å². The van der Waals surface area contributed by atoms with E-state index in [1.807, 2.05) is 13.1 Å². The summed E-state index contributed by atoms with van der Waals surface area (Å²) in [5.74, 6) is -0.728. The Labute approximate surface area is 209 Å². The Morgan fingerprint density at radius 1 is 1.29 bits per heavy atom. The fourth-order valence-corrected chi connectivity index (χ4v) is 5.92. The highest BCUT2D eigenvalue weighted by Gasteiger charge is 2.29. The van der Waals surface area contributed by atoms with Gasteiger partial charge in [0.1, 0.15) is 28.2 Å². The normalized spacial score (nSPS) is 16.7. The molecule has 3 heterocycles. The van der Waals surface area contributed by atoms with E-state index in [-0.39, 0.29) is 54.4 Å². The van der Waals surface area contributed by atoms with E-state index in [1.165, 1.54) is 19.2 Å². The molecule has 7 nitrogen and oxygen atoms in total. The van der Waals surface area contributed by atoms with E-state index in [0.717, 1.165) is 24.4 Å². The fourth-order valence-electron chi connectivity index (χ4n) is 4.68. The Morgan fingerprint density at radius 2 is 2.06 bits per heavy atom. The summed E-state index contributed by atoms with van der Waals surface area (Å²) >= 11 is 7.61. The predicted molar refractivity (Wildman–Crippen MR) is 135 cm³/mol. The van der Waals surface area contributed by atoms with E-state index in [2.05, 4.69) is 26.7 Å². The number of methoxy groups -OCH3 is 1. The number of nitriles is 1. The van der Waals surface area contributed by atoms with Crippen LogP contribution >= 0.6 is 22.9 Å². The molecule has 0 spiro atoms. The molecule has 1 aliphatic rings. The monoisotopic (exact) mass is 514 g/mol. The topological polar surface area (TPSA) is 91.3 Å². The molecule has 1 fully saturated rings. The number of benzene rings is 2. The Bertz CT molecular complexity index is 1530. The lowest BCUT2D eigenvalue weighted by atomic mass is 9.97. The molecule has 2 aromatic carbocycles. The molecular formula is C24H21ClF2N6OS. The highest BCUT2D eigenvalue weighted by atomic mass is 35.5. The molecule has 1 atom stereocenters. The average Bonchev–Trinajstić information content (AvgIpc) is 3.17. The third-order valence-electron chi connectivity index (χ3n) is 6.33. The van der Waals surface area contributed by atoms with E-state index in [1.54, 1.807) is 6.07 Å². The Hall–Kier alpha value is -3.26. The van der Waals surface area contributed by atoms with Crippen LogP contribution in [0.25, 0.3) is 32.1 Å². The lowest BCUT2D eigenvalue weighted by molar-refractivity contribution is 0.274. The summed E-state index contributed by atoms with van der Waals surface area (Å²) in [4.78, 5) is 13.1. The number of thiophene rings is 1. The molecule has 1 unspecified atom stereocenters. The molecule has 2 N–H and O–H groups in total. The minimum absolute atomic E-state index is 0.0107. The molecule has 180 valence electrons. The number of ether oxygens (including phenoxy) is 1. The first-order valence-electron chi connectivity index (χ1n) is 10.8. The summed E-state index contributed by atoms with van der Waals surface area (Å²) in [5, 5.41) is 10.6. The number of likely N-dealkylation sites (N-methyl/N-ethyl adjacent to an activating group) is 1. The van der Waals surface area contributed by atoms with Gasteiger partial charge in [-0.1, -0.05) is 17.7 Å². The maximum atomic E-state index is 16.2. The number of hydrogen-bond acceptors (Lipinski definition) is 8. The van der Waals surface area contributed by atoms with Crippen molar-refractivity contribution in [2.24, 2.45) is 0 Å². The number of piperazine rings is 1. The Balaban J connectivity index is 1.81. The number of rotatable bonds is 3. The maximum absolute atomic E-state index is 16.2. The fraction of sp³-hybridized carbons (Fsp3) is 0.292. The number of nitrogen functional groups attached to an aromatic ring is 1. The zero-order valence-corrected chi connectivity index (χ0v) is 20.8. The van der Waals surface area contributed by atoms with Crippen molar-refractivity contribution in [2.45, 2.75) is 13.0 Å². The van der Waals surface area contributed by atoms with Gasteiger partial charge in [0.15, 0.2) is 5.82 Å². The maximum Gasteiger partial charge on any atom is 0.318 e. The summed E-state index contributed by atoms with van der Waals surface area (Å²) in [6.45, 7) is 4.39. The van der Waals surface area contributed by atoms with Crippen molar-refractivity contribution in [3.63, 3.8) is 0 Å². The van der Waals surface area contributed by atoms with E-state index in [4.69, 9.17) is 22.1 Å². The molecule has 5 rings (SSSR count). The minimum Gasteiger partial charge on any atom is -0.467 e. The molecule has 0 bridgehead atoms. The van der Waals surface area contributed by atoms with Crippen LogP contribution in [0.1, 0.15) is 12.5 Å². The quantitative estimate of drug-likeness (QED) is 0.409. The molecule has 0 amide bonds. The van der Waals surface area contributed by atoms with E-state index in [9.17, 15) is 9.65 Å². The van der Waals surface area contributed by atoms with Gasteiger partial charge in [0, 0.05) is 42.0 Å². The molecule has 4 aromatic rings. The molecule has 0 radical (unpaired) electrons. The summed E-state index contributed by atoms with van der Waals surface area (Å²) < 4.78 is 36.3. The van der Waals surface area contributed by atoms with Crippen LogP contribution in [0.5, 0.6) is 6.01 Å². The number of nitrogens with zero attached hydrogens (tertiary/aromatic N) is 5. The van der Waals surface area contributed by atoms with Gasteiger partial charge in [-0.2, -0.15) is 15.2 Å². The largest absolute Gasteiger partial charge is 0.467 e. The van der Waals surface area contributed by atoms with E-state index in [0.29, 0.717) is 17.7 Å². The first kappa shape index (κ1) is 23.5. The lowest BCUT2D eigenvalue weighted by Crippen LogP contribution is -2.51. The summed E-state index contributed by atoms with van der Waals surface area (Å²) in [7, 11) is 3.47. The Kier molecular flexibility index (Phi) is 5.87. The highest BCUT2D eigenvalue weighted by Crippen LogP contribution is 2.45. The lowest BCUT2D eigenvalue weighted by Gasteiger charge is -2.39. The third kappa shape index (κ3) is 3.71. The number of fused-ring (bicyclic) bond motifs is 2. The molecule has 0 aliphatic carbocycles. The second-order valence-electron chi connectivity index (χ2n) is 8.53. The van der Waals surface area contributed by atoms with Crippen LogP contribution in [0.15, 0.2) is 18.2 Å².